The second-order valence-electron chi connectivity index (χ2n) is 5.77. The van der Waals surface area contributed by atoms with Crippen LogP contribution in [0.5, 0.6) is 0 Å². The molecule has 0 spiro atoms. The van der Waals surface area contributed by atoms with Crippen molar-refractivity contribution in [1.82, 2.24) is 4.90 Å². The fourth-order valence-electron chi connectivity index (χ4n) is 3.28. The van der Waals surface area contributed by atoms with Gasteiger partial charge in [0.25, 0.3) is 0 Å². The number of aliphatic carboxylic acids is 1. The highest BCUT2D eigenvalue weighted by atomic mass is 16.4. The van der Waals surface area contributed by atoms with Gasteiger partial charge in [-0.3, -0.25) is 9.69 Å². The van der Waals surface area contributed by atoms with Crippen LogP contribution in [0.25, 0.3) is 10.8 Å². The van der Waals surface area contributed by atoms with Gasteiger partial charge in [0.05, 0.1) is 12.0 Å². The van der Waals surface area contributed by atoms with Gasteiger partial charge >= 0.3 is 5.97 Å². The Morgan fingerprint density at radius 3 is 2.82 bits per heavy atom. The molecule has 1 heterocycles. The van der Waals surface area contributed by atoms with E-state index in [1.54, 1.807) is 0 Å². The van der Waals surface area contributed by atoms with E-state index < -0.39 is 12.0 Å². The molecule has 2 aromatic carbocycles. The smallest absolute Gasteiger partial charge is 0.307 e. The Morgan fingerprint density at radius 2 is 2.05 bits per heavy atom. The minimum atomic E-state index is -0.765. The highest BCUT2D eigenvalue weighted by molar-refractivity contribution is 5.86. The van der Waals surface area contributed by atoms with Gasteiger partial charge in [0.1, 0.15) is 6.04 Å². The third kappa shape index (κ3) is 2.68. The van der Waals surface area contributed by atoms with Crippen molar-refractivity contribution in [3.8, 4) is 6.07 Å². The van der Waals surface area contributed by atoms with Crippen molar-refractivity contribution < 1.29 is 9.90 Å². The van der Waals surface area contributed by atoms with E-state index in [4.69, 9.17) is 0 Å². The van der Waals surface area contributed by atoms with Gasteiger partial charge in [-0.1, -0.05) is 42.5 Å². The number of carboxylic acids is 1. The van der Waals surface area contributed by atoms with E-state index in [0.717, 1.165) is 29.3 Å². The minimum absolute atomic E-state index is 0.375. The number of piperidine rings is 1. The summed E-state index contributed by atoms with van der Waals surface area (Å²) in [5.74, 6) is -1.14. The average Bonchev–Trinajstić information content (AvgIpc) is 2.56. The third-order valence-electron chi connectivity index (χ3n) is 4.41. The van der Waals surface area contributed by atoms with E-state index in [-0.39, 0.29) is 5.92 Å². The van der Waals surface area contributed by atoms with Crippen molar-refractivity contribution in [1.29, 1.82) is 5.26 Å². The average molecular weight is 294 g/mol. The fraction of sp³-hybridized carbons (Fsp3) is 0.333. The Kier molecular flexibility index (Phi) is 4.08. The van der Waals surface area contributed by atoms with Crippen LogP contribution in [0.2, 0.25) is 0 Å². The molecule has 1 aliphatic rings. The third-order valence-corrected chi connectivity index (χ3v) is 4.41. The summed E-state index contributed by atoms with van der Waals surface area (Å²) in [4.78, 5) is 13.3. The van der Waals surface area contributed by atoms with Gasteiger partial charge in [0.15, 0.2) is 0 Å². The molecule has 1 N–H and O–H groups in total. The Hall–Kier alpha value is -2.38. The van der Waals surface area contributed by atoms with Gasteiger partial charge in [-0.25, -0.2) is 0 Å². The number of benzene rings is 2. The van der Waals surface area contributed by atoms with Crippen LogP contribution >= 0.6 is 0 Å². The molecule has 0 aliphatic carbocycles. The zero-order chi connectivity index (χ0) is 15.5. The summed E-state index contributed by atoms with van der Waals surface area (Å²) in [7, 11) is 0. The molecule has 1 fully saturated rings. The summed E-state index contributed by atoms with van der Waals surface area (Å²) in [6.07, 6.45) is 1.51. The molecule has 1 saturated heterocycles. The first-order chi connectivity index (χ1) is 10.7. The maximum absolute atomic E-state index is 11.3. The first kappa shape index (κ1) is 14.6. The first-order valence-corrected chi connectivity index (χ1v) is 7.55. The fourth-order valence-corrected chi connectivity index (χ4v) is 3.28. The van der Waals surface area contributed by atoms with Gasteiger partial charge < -0.3 is 5.11 Å². The molecule has 4 nitrogen and oxygen atoms in total. The summed E-state index contributed by atoms with van der Waals surface area (Å²) in [5.41, 5.74) is 0.964. The molecule has 0 bridgehead atoms. The Balaban J connectivity index is 1.97. The monoisotopic (exact) mass is 294 g/mol. The molecule has 0 saturated carbocycles. The predicted octanol–water partition coefficient (Wildman–Crippen LogP) is 3.20. The molecule has 0 aromatic heterocycles. The Labute approximate surface area is 129 Å². The lowest BCUT2D eigenvalue weighted by Crippen LogP contribution is -2.40. The van der Waals surface area contributed by atoms with Crippen LogP contribution in [0.4, 0.5) is 0 Å². The van der Waals surface area contributed by atoms with Crippen LogP contribution in [0.3, 0.4) is 0 Å². The summed E-state index contributed by atoms with van der Waals surface area (Å²) < 4.78 is 0. The number of hydrogen-bond acceptors (Lipinski definition) is 3. The molecule has 1 aliphatic heterocycles. The van der Waals surface area contributed by atoms with Crippen molar-refractivity contribution >= 4 is 16.7 Å². The number of likely N-dealkylation sites (tertiary alicyclic amines) is 1. The summed E-state index contributed by atoms with van der Waals surface area (Å²) in [5, 5.41) is 21.1. The largest absolute Gasteiger partial charge is 0.481 e. The van der Waals surface area contributed by atoms with E-state index in [1.165, 1.54) is 0 Å². The number of nitriles is 1. The van der Waals surface area contributed by atoms with Crippen LogP contribution in [-0.2, 0) is 4.79 Å². The lowest BCUT2D eigenvalue weighted by Gasteiger charge is -2.34. The van der Waals surface area contributed by atoms with Crippen LogP contribution in [0, 0.1) is 17.2 Å². The van der Waals surface area contributed by atoms with Crippen LogP contribution in [0.1, 0.15) is 24.4 Å². The molecule has 4 heteroatoms. The Bertz CT molecular complexity index is 730. The standard InChI is InChI=1S/C18H18N2O2/c19-11-17(20-10-4-7-14(12-20)18(21)22)16-9-3-6-13-5-1-2-8-15(13)16/h1-3,5-6,8-9,14,17H,4,7,10,12H2,(H,21,22). The number of carboxylic acid groups (broad SMARTS) is 1. The highest BCUT2D eigenvalue weighted by Gasteiger charge is 2.30. The SMILES string of the molecule is N#CC(c1cccc2ccccc12)N1CCCC(C(=O)O)C1. The molecule has 2 aromatic rings. The predicted molar refractivity (Wildman–Crippen MR) is 84.2 cm³/mol. The number of fused-ring (bicyclic) bond motifs is 1. The molecular formula is C18H18N2O2. The molecule has 0 amide bonds. The molecule has 22 heavy (non-hydrogen) atoms. The van der Waals surface area contributed by atoms with Crippen molar-refractivity contribution in [2.24, 2.45) is 5.92 Å². The lowest BCUT2D eigenvalue weighted by molar-refractivity contribution is -0.143. The molecule has 2 unspecified atom stereocenters. The quantitative estimate of drug-likeness (QED) is 0.944. The van der Waals surface area contributed by atoms with Crippen molar-refractivity contribution in [2.75, 3.05) is 13.1 Å². The number of hydrogen-bond donors (Lipinski definition) is 1. The minimum Gasteiger partial charge on any atom is -0.481 e. The van der Waals surface area contributed by atoms with Gasteiger partial charge in [0.2, 0.25) is 0 Å². The Morgan fingerprint density at radius 1 is 1.27 bits per heavy atom. The normalized spacial score (nSPS) is 20.4. The van der Waals surface area contributed by atoms with E-state index >= 15 is 0 Å². The van der Waals surface area contributed by atoms with Gasteiger partial charge in [-0.05, 0) is 35.7 Å². The van der Waals surface area contributed by atoms with Gasteiger partial charge in [-0.15, -0.1) is 0 Å². The van der Waals surface area contributed by atoms with Crippen molar-refractivity contribution in [2.45, 2.75) is 18.9 Å². The van der Waals surface area contributed by atoms with E-state index in [0.29, 0.717) is 13.0 Å². The number of nitrogens with zero attached hydrogens (tertiary/aromatic N) is 2. The van der Waals surface area contributed by atoms with Crippen LogP contribution < -0.4 is 0 Å². The molecule has 3 rings (SSSR count). The first-order valence-electron chi connectivity index (χ1n) is 7.55. The van der Waals surface area contributed by atoms with E-state index in [2.05, 4.69) is 6.07 Å². The van der Waals surface area contributed by atoms with Gasteiger partial charge in [-0.2, -0.15) is 5.26 Å². The van der Waals surface area contributed by atoms with E-state index in [1.807, 2.05) is 47.4 Å². The van der Waals surface area contributed by atoms with Crippen molar-refractivity contribution in [3.63, 3.8) is 0 Å². The van der Waals surface area contributed by atoms with Crippen LogP contribution in [-0.4, -0.2) is 29.1 Å². The lowest BCUT2D eigenvalue weighted by atomic mass is 9.93. The van der Waals surface area contributed by atoms with Crippen LogP contribution in [0.15, 0.2) is 42.5 Å². The zero-order valence-corrected chi connectivity index (χ0v) is 12.3. The summed E-state index contributed by atoms with van der Waals surface area (Å²) in [6, 6.07) is 15.9. The zero-order valence-electron chi connectivity index (χ0n) is 12.3. The highest BCUT2D eigenvalue weighted by Crippen LogP contribution is 2.31. The topological polar surface area (TPSA) is 64.3 Å². The number of carbonyl (C=O) groups is 1. The molecule has 0 radical (unpaired) electrons. The van der Waals surface area contributed by atoms with Gasteiger partial charge in [0, 0.05) is 6.54 Å². The van der Waals surface area contributed by atoms with Crippen molar-refractivity contribution in [3.05, 3.63) is 48.0 Å². The number of rotatable bonds is 3. The summed E-state index contributed by atoms with van der Waals surface area (Å²) in [6.45, 7) is 1.21. The maximum atomic E-state index is 11.3. The molecular weight excluding hydrogens is 276 g/mol. The maximum Gasteiger partial charge on any atom is 0.307 e. The van der Waals surface area contributed by atoms with E-state index in [9.17, 15) is 15.2 Å². The molecule has 112 valence electrons. The second kappa shape index (κ2) is 6.17. The molecule has 2 atom stereocenters. The second-order valence-corrected chi connectivity index (χ2v) is 5.77. The summed E-state index contributed by atoms with van der Waals surface area (Å²) >= 11 is 0.